The second-order valence-electron chi connectivity index (χ2n) is 9.40. The van der Waals surface area contributed by atoms with Crippen molar-refractivity contribution in [2.45, 2.75) is 79.1 Å². The van der Waals surface area contributed by atoms with Crippen molar-refractivity contribution in [3.05, 3.63) is 48.5 Å². The number of rotatable bonds is 15. The number of benzene rings is 2. The standard InChI is InChI=1S/C30H46N4S2/c1-5-9-21-33(22-10-6-2)29(35)31-27-17-13-25(14-18-27)26-15-19-28(20-16-26)32-30(36)34(23-11-7-3)24-12-8-4/h13-20H,5-12,21-24H2,1-4H3,(H,31,35)(H,32,36). The van der Waals surface area contributed by atoms with E-state index in [9.17, 15) is 0 Å². The van der Waals surface area contributed by atoms with Gasteiger partial charge in [-0.3, -0.25) is 0 Å². The lowest BCUT2D eigenvalue weighted by Crippen LogP contribution is -2.36. The third-order valence-corrected chi connectivity index (χ3v) is 7.03. The molecule has 4 nitrogen and oxygen atoms in total. The van der Waals surface area contributed by atoms with Gasteiger partial charge in [-0.05, 0) is 85.5 Å². The van der Waals surface area contributed by atoms with Gasteiger partial charge in [0.25, 0.3) is 0 Å². The predicted molar refractivity (Wildman–Crippen MR) is 167 cm³/mol. The summed E-state index contributed by atoms with van der Waals surface area (Å²) in [4.78, 5) is 4.61. The highest BCUT2D eigenvalue weighted by atomic mass is 32.1. The van der Waals surface area contributed by atoms with Crippen LogP contribution in [0.1, 0.15) is 79.1 Å². The molecule has 0 heterocycles. The molecule has 0 saturated heterocycles. The third kappa shape index (κ3) is 10.4. The van der Waals surface area contributed by atoms with Gasteiger partial charge in [0, 0.05) is 37.6 Å². The maximum Gasteiger partial charge on any atom is 0.173 e. The normalized spacial score (nSPS) is 10.7. The third-order valence-electron chi connectivity index (χ3n) is 6.31. The lowest BCUT2D eigenvalue weighted by atomic mass is 10.1. The van der Waals surface area contributed by atoms with Crippen molar-refractivity contribution in [3.8, 4) is 11.1 Å². The first kappa shape index (κ1) is 30.0. The maximum atomic E-state index is 5.72. The summed E-state index contributed by atoms with van der Waals surface area (Å²) < 4.78 is 0. The molecule has 0 amide bonds. The van der Waals surface area contributed by atoms with Crippen LogP contribution in [0.3, 0.4) is 0 Å². The predicted octanol–water partition coefficient (Wildman–Crippen LogP) is 8.55. The zero-order chi connectivity index (χ0) is 26.2. The molecule has 2 aromatic rings. The van der Waals surface area contributed by atoms with Crippen LogP contribution in [-0.4, -0.2) is 46.2 Å². The highest BCUT2D eigenvalue weighted by Crippen LogP contribution is 2.24. The van der Waals surface area contributed by atoms with Gasteiger partial charge in [-0.2, -0.15) is 0 Å². The van der Waals surface area contributed by atoms with Crippen LogP contribution in [0, 0.1) is 0 Å². The van der Waals surface area contributed by atoms with Crippen LogP contribution in [0.15, 0.2) is 48.5 Å². The fraction of sp³-hybridized carbons (Fsp3) is 0.533. The highest BCUT2D eigenvalue weighted by molar-refractivity contribution is 7.80. The van der Waals surface area contributed by atoms with E-state index < -0.39 is 0 Å². The summed E-state index contributed by atoms with van der Waals surface area (Å²) >= 11 is 11.4. The number of unbranched alkanes of at least 4 members (excludes halogenated alkanes) is 4. The Hall–Kier alpha value is -2.18. The fourth-order valence-electron chi connectivity index (χ4n) is 3.92. The van der Waals surface area contributed by atoms with Gasteiger partial charge in [0.1, 0.15) is 0 Å². The van der Waals surface area contributed by atoms with Crippen molar-refractivity contribution in [2.24, 2.45) is 0 Å². The Labute approximate surface area is 230 Å². The van der Waals surface area contributed by atoms with Gasteiger partial charge in [0.2, 0.25) is 0 Å². The molecule has 0 aliphatic heterocycles. The van der Waals surface area contributed by atoms with Gasteiger partial charge in [-0.25, -0.2) is 0 Å². The lowest BCUT2D eigenvalue weighted by molar-refractivity contribution is 0.403. The minimum Gasteiger partial charge on any atom is -0.349 e. The molecule has 0 fully saturated rings. The lowest BCUT2D eigenvalue weighted by Gasteiger charge is -2.26. The van der Waals surface area contributed by atoms with E-state index >= 15 is 0 Å². The second kappa shape index (κ2) is 17.3. The van der Waals surface area contributed by atoms with Crippen molar-refractivity contribution in [1.29, 1.82) is 0 Å². The molecule has 0 aromatic heterocycles. The zero-order valence-electron chi connectivity index (χ0n) is 22.8. The Kier molecular flexibility index (Phi) is 14.4. The Balaban J connectivity index is 1.97. The topological polar surface area (TPSA) is 30.5 Å². The molecule has 2 rings (SSSR count). The fourth-order valence-corrected chi connectivity index (χ4v) is 4.52. The molecule has 0 atom stereocenters. The summed E-state index contributed by atoms with van der Waals surface area (Å²) in [5.74, 6) is 0. The van der Waals surface area contributed by atoms with Crippen LogP contribution in [0.4, 0.5) is 11.4 Å². The first-order chi connectivity index (χ1) is 17.5. The van der Waals surface area contributed by atoms with E-state index in [-0.39, 0.29) is 0 Å². The van der Waals surface area contributed by atoms with Crippen molar-refractivity contribution in [3.63, 3.8) is 0 Å². The van der Waals surface area contributed by atoms with Crippen molar-refractivity contribution >= 4 is 46.0 Å². The summed E-state index contributed by atoms with van der Waals surface area (Å²) in [7, 11) is 0. The SMILES string of the molecule is CCCCN(CCCC)C(=S)Nc1ccc(-c2ccc(NC(=S)N(CCCC)CCCC)cc2)cc1. The van der Waals surface area contributed by atoms with Gasteiger partial charge in [0.05, 0.1) is 0 Å². The Morgan fingerprint density at radius 1 is 0.528 bits per heavy atom. The van der Waals surface area contributed by atoms with Gasteiger partial charge < -0.3 is 20.4 Å². The minimum absolute atomic E-state index is 0.822. The quantitative estimate of drug-likeness (QED) is 0.226. The zero-order valence-corrected chi connectivity index (χ0v) is 24.4. The van der Waals surface area contributed by atoms with Crippen LogP contribution in [0.25, 0.3) is 11.1 Å². The summed E-state index contributed by atoms with van der Waals surface area (Å²) in [5.41, 5.74) is 4.43. The van der Waals surface area contributed by atoms with E-state index in [0.29, 0.717) is 0 Å². The summed E-state index contributed by atoms with van der Waals surface area (Å²) in [6.07, 6.45) is 9.36. The Morgan fingerprint density at radius 2 is 0.806 bits per heavy atom. The Morgan fingerprint density at radius 3 is 1.06 bits per heavy atom. The maximum absolute atomic E-state index is 5.72. The van der Waals surface area contributed by atoms with Crippen molar-refractivity contribution in [1.82, 2.24) is 9.80 Å². The molecule has 0 saturated carbocycles. The largest absolute Gasteiger partial charge is 0.349 e. The number of hydrogen-bond donors (Lipinski definition) is 2. The molecule has 198 valence electrons. The second-order valence-corrected chi connectivity index (χ2v) is 10.2. The molecule has 0 aliphatic rings. The first-order valence-corrected chi connectivity index (χ1v) is 14.7. The van der Waals surface area contributed by atoms with Crippen LogP contribution in [0.5, 0.6) is 0 Å². The van der Waals surface area contributed by atoms with E-state index in [1.54, 1.807) is 0 Å². The summed E-state index contributed by atoms with van der Waals surface area (Å²) in [6, 6.07) is 17.0. The molecule has 2 N–H and O–H groups in total. The van der Waals surface area contributed by atoms with Gasteiger partial charge in [-0.1, -0.05) is 77.6 Å². The number of nitrogens with one attached hydrogen (secondary N) is 2. The molecule has 0 unspecified atom stereocenters. The minimum atomic E-state index is 0.822. The first-order valence-electron chi connectivity index (χ1n) is 13.8. The number of thiocarbonyl (C=S) groups is 2. The van der Waals surface area contributed by atoms with E-state index in [1.165, 1.54) is 36.8 Å². The summed E-state index contributed by atoms with van der Waals surface area (Å²) in [5, 5.41) is 8.52. The Bertz CT molecular complexity index is 805. The van der Waals surface area contributed by atoms with Gasteiger partial charge >= 0.3 is 0 Å². The van der Waals surface area contributed by atoms with Gasteiger partial charge in [-0.15, -0.1) is 0 Å². The number of nitrogens with zero attached hydrogens (tertiary/aromatic N) is 2. The van der Waals surface area contributed by atoms with Crippen LogP contribution in [0.2, 0.25) is 0 Å². The highest BCUT2D eigenvalue weighted by Gasteiger charge is 2.11. The average Bonchev–Trinajstić information content (AvgIpc) is 2.89. The number of anilines is 2. The molecule has 0 radical (unpaired) electrons. The molecular weight excluding hydrogens is 480 g/mol. The summed E-state index contributed by atoms with van der Waals surface area (Å²) in [6.45, 7) is 12.9. The van der Waals surface area contributed by atoms with E-state index in [1.807, 2.05) is 0 Å². The van der Waals surface area contributed by atoms with E-state index in [4.69, 9.17) is 24.4 Å². The average molecular weight is 527 g/mol. The molecular formula is C30H46N4S2. The van der Waals surface area contributed by atoms with E-state index in [2.05, 4.69) is 96.7 Å². The van der Waals surface area contributed by atoms with Crippen molar-refractivity contribution < 1.29 is 0 Å². The molecule has 2 aromatic carbocycles. The molecule has 0 bridgehead atoms. The van der Waals surface area contributed by atoms with Gasteiger partial charge in [0.15, 0.2) is 10.2 Å². The molecule has 6 heteroatoms. The van der Waals surface area contributed by atoms with Crippen molar-refractivity contribution in [2.75, 3.05) is 36.8 Å². The monoisotopic (exact) mass is 526 g/mol. The van der Waals surface area contributed by atoms with Crippen LogP contribution >= 0.6 is 24.4 Å². The van der Waals surface area contributed by atoms with Crippen LogP contribution in [-0.2, 0) is 0 Å². The smallest absolute Gasteiger partial charge is 0.173 e. The van der Waals surface area contributed by atoms with Crippen LogP contribution < -0.4 is 10.6 Å². The molecule has 0 aliphatic carbocycles. The molecule has 0 spiro atoms. The molecule has 36 heavy (non-hydrogen) atoms. The number of hydrogen-bond acceptors (Lipinski definition) is 2. The van der Waals surface area contributed by atoms with E-state index in [0.717, 1.165) is 73.5 Å².